The highest BCUT2D eigenvalue weighted by atomic mass is 79.9. The van der Waals surface area contributed by atoms with Crippen LogP contribution in [0.4, 0.5) is 11.6 Å². The zero-order valence-electron chi connectivity index (χ0n) is 11.2. The zero-order chi connectivity index (χ0) is 15.4. The average Bonchev–Trinajstić information content (AvgIpc) is 2.49. The second-order valence-electron chi connectivity index (χ2n) is 3.79. The van der Waals surface area contributed by atoms with Crippen LogP contribution in [0.25, 0.3) is 0 Å². The van der Waals surface area contributed by atoms with Gasteiger partial charge < -0.3 is 14.8 Å². The van der Waals surface area contributed by atoms with Gasteiger partial charge >= 0.3 is 5.69 Å². The fourth-order valence-electron chi connectivity index (χ4n) is 1.50. The first-order valence-corrected chi connectivity index (χ1v) is 6.55. The molecule has 0 atom stereocenters. The summed E-state index contributed by atoms with van der Waals surface area (Å²) >= 11 is 3.23. The van der Waals surface area contributed by atoms with Crippen molar-refractivity contribution in [2.24, 2.45) is 0 Å². The monoisotopic (exact) mass is 354 g/mol. The lowest BCUT2D eigenvalue weighted by atomic mass is 10.3. The molecule has 1 aromatic carbocycles. The summed E-state index contributed by atoms with van der Waals surface area (Å²) in [7, 11) is 3.09. The van der Waals surface area contributed by atoms with Gasteiger partial charge in [0.1, 0.15) is 5.75 Å². The highest BCUT2D eigenvalue weighted by molar-refractivity contribution is 9.10. The van der Waals surface area contributed by atoms with Crippen molar-refractivity contribution in [1.29, 1.82) is 0 Å². The van der Waals surface area contributed by atoms with Crippen LogP contribution in [0.3, 0.4) is 0 Å². The molecular formula is C12H11BrN4O4. The summed E-state index contributed by atoms with van der Waals surface area (Å²) in [6, 6.07) is 4.30. The molecule has 21 heavy (non-hydrogen) atoms. The smallest absolute Gasteiger partial charge is 0.315 e. The van der Waals surface area contributed by atoms with E-state index in [-0.39, 0.29) is 17.3 Å². The lowest BCUT2D eigenvalue weighted by Gasteiger charge is -2.09. The summed E-state index contributed by atoms with van der Waals surface area (Å²) < 4.78 is 11.0. The fourth-order valence-corrected chi connectivity index (χ4v) is 1.77. The molecule has 0 amide bonds. The van der Waals surface area contributed by atoms with E-state index in [0.717, 1.165) is 0 Å². The summed E-state index contributed by atoms with van der Waals surface area (Å²) in [4.78, 5) is 18.6. The van der Waals surface area contributed by atoms with E-state index in [2.05, 4.69) is 31.2 Å². The average molecular weight is 355 g/mol. The number of ether oxygens (including phenoxy) is 2. The number of nitrogens with one attached hydrogen (secondary N) is 1. The minimum atomic E-state index is -0.550. The van der Waals surface area contributed by atoms with E-state index in [1.54, 1.807) is 13.1 Å². The third-order valence-corrected chi connectivity index (χ3v) is 3.05. The van der Waals surface area contributed by atoms with Crippen LogP contribution in [0.5, 0.6) is 17.4 Å². The van der Waals surface area contributed by atoms with Gasteiger partial charge in [-0.25, -0.2) is 4.98 Å². The van der Waals surface area contributed by atoms with Crippen LogP contribution < -0.4 is 14.8 Å². The van der Waals surface area contributed by atoms with Crippen LogP contribution in [-0.4, -0.2) is 29.0 Å². The fraction of sp³-hybridized carbons (Fsp3) is 0.167. The largest absolute Gasteiger partial charge is 0.496 e. The molecule has 0 saturated heterocycles. The Morgan fingerprint density at radius 3 is 2.81 bits per heavy atom. The Morgan fingerprint density at radius 1 is 1.43 bits per heavy atom. The molecule has 0 radical (unpaired) electrons. The Kier molecular flexibility index (Phi) is 4.53. The zero-order valence-corrected chi connectivity index (χ0v) is 12.7. The van der Waals surface area contributed by atoms with Crippen LogP contribution in [0.2, 0.25) is 0 Å². The molecule has 2 rings (SSSR count). The Hall–Kier alpha value is -2.42. The van der Waals surface area contributed by atoms with Gasteiger partial charge in [-0.05, 0) is 28.1 Å². The topological polar surface area (TPSA) is 99.4 Å². The predicted octanol–water partition coefficient (Wildman–Crippen LogP) is 2.99. The van der Waals surface area contributed by atoms with Gasteiger partial charge in [-0.15, -0.1) is 0 Å². The lowest BCUT2D eigenvalue weighted by Crippen LogP contribution is -2.00. The SMILES string of the molecule is CNc1ncc(Br)c(Oc2ccc(OC)cc2[N+](=O)[O-])n1. The Bertz CT molecular complexity index is 680. The standard InChI is InChI=1S/C12H11BrN4O4/c1-14-12-15-6-8(13)11(16-12)21-10-4-3-7(20-2)5-9(10)17(18)19/h3-6H,1-2H3,(H,14,15,16). The number of hydrogen-bond donors (Lipinski definition) is 1. The van der Waals surface area contributed by atoms with E-state index >= 15 is 0 Å². The number of nitro groups is 1. The molecule has 0 aliphatic rings. The minimum Gasteiger partial charge on any atom is -0.496 e. The summed E-state index contributed by atoms with van der Waals surface area (Å²) in [5.74, 6) is 0.931. The molecule has 0 fully saturated rings. The van der Waals surface area contributed by atoms with Crippen molar-refractivity contribution >= 4 is 27.6 Å². The minimum absolute atomic E-state index is 0.0576. The van der Waals surface area contributed by atoms with E-state index in [0.29, 0.717) is 16.2 Å². The van der Waals surface area contributed by atoms with Crippen molar-refractivity contribution in [1.82, 2.24) is 9.97 Å². The van der Waals surface area contributed by atoms with E-state index in [4.69, 9.17) is 9.47 Å². The van der Waals surface area contributed by atoms with E-state index in [9.17, 15) is 10.1 Å². The number of nitrogens with zero attached hydrogens (tertiary/aromatic N) is 3. The summed E-state index contributed by atoms with van der Waals surface area (Å²) in [6.07, 6.45) is 1.49. The number of anilines is 1. The van der Waals surface area contributed by atoms with Crippen molar-refractivity contribution in [3.05, 3.63) is 39.0 Å². The molecule has 0 unspecified atom stereocenters. The number of methoxy groups -OCH3 is 1. The molecular weight excluding hydrogens is 344 g/mol. The molecule has 9 heteroatoms. The molecule has 0 aliphatic carbocycles. The number of halogens is 1. The molecule has 1 aromatic heterocycles. The molecule has 8 nitrogen and oxygen atoms in total. The maximum atomic E-state index is 11.1. The number of benzene rings is 1. The first-order chi connectivity index (χ1) is 10.0. The van der Waals surface area contributed by atoms with Gasteiger partial charge in [0.2, 0.25) is 17.6 Å². The maximum Gasteiger partial charge on any atom is 0.315 e. The van der Waals surface area contributed by atoms with Gasteiger partial charge in [-0.3, -0.25) is 10.1 Å². The summed E-state index contributed by atoms with van der Waals surface area (Å²) in [5.41, 5.74) is -0.217. The van der Waals surface area contributed by atoms with Gasteiger partial charge in [0.05, 0.1) is 28.8 Å². The highest BCUT2D eigenvalue weighted by Gasteiger charge is 2.19. The van der Waals surface area contributed by atoms with Gasteiger partial charge in [0, 0.05) is 7.05 Å². The van der Waals surface area contributed by atoms with E-state index in [1.165, 1.54) is 25.4 Å². The Morgan fingerprint density at radius 2 is 2.19 bits per heavy atom. The van der Waals surface area contributed by atoms with Gasteiger partial charge in [0.25, 0.3) is 0 Å². The first kappa shape index (κ1) is 15.0. The van der Waals surface area contributed by atoms with Crippen molar-refractivity contribution in [2.75, 3.05) is 19.5 Å². The number of aromatic nitrogens is 2. The second kappa shape index (κ2) is 6.35. The predicted molar refractivity (Wildman–Crippen MR) is 79.0 cm³/mol. The number of hydrogen-bond acceptors (Lipinski definition) is 7. The van der Waals surface area contributed by atoms with Crippen LogP contribution in [0.1, 0.15) is 0 Å². The Labute approximate surface area is 128 Å². The molecule has 0 saturated carbocycles. The summed E-state index contributed by atoms with van der Waals surface area (Å²) in [6.45, 7) is 0. The normalized spacial score (nSPS) is 10.0. The quantitative estimate of drug-likeness (QED) is 0.650. The highest BCUT2D eigenvalue weighted by Crippen LogP contribution is 2.36. The third-order valence-electron chi connectivity index (χ3n) is 2.50. The van der Waals surface area contributed by atoms with Crippen LogP contribution >= 0.6 is 15.9 Å². The van der Waals surface area contributed by atoms with Gasteiger partial charge in [0.15, 0.2) is 0 Å². The van der Waals surface area contributed by atoms with Crippen molar-refractivity contribution in [2.45, 2.75) is 0 Å². The lowest BCUT2D eigenvalue weighted by molar-refractivity contribution is -0.385. The third kappa shape index (κ3) is 3.37. The van der Waals surface area contributed by atoms with E-state index < -0.39 is 4.92 Å². The van der Waals surface area contributed by atoms with Gasteiger partial charge in [-0.1, -0.05) is 0 Å². The van der Waals surface area contributed by atoms with E-state index in [1.807, 2.05) is 0 Å². The van der Waals surface area contributed by atoms with Crippen LogP contribution in [0.15, 0.2) is 28.9 Å². The van der Waals surface area contributed by atoms with Gasteiger partial charge in [-0.2, -0.15) is 4.98 Å². The van der Waals surface area contributed by atoms with Crippen LogP contribution in [0, 0.1) is 10.1 Å². The van der Waals surface area contributed by atoms with Crippen LogP contribution in [-0.2, 0) is 0 Å². The maximum absolute atomic E-state index is 11.1. The molecule has 110 valence electrons. The molecule has 1 N–H and O–H groups in total. The molecule has 0 aliphatic heterocycles. The number of nitro benzene ring substituents is 1. The molecule has 2 aromatic rings. The molecule has 0 bridgehead atoms. The molecule has 1 heterocycles. The van der Waals surface area contributed by atoms with Crippen molar-refractivity contribution in [3.8, 4) is 17.4 Å². The summed E-state index contributed by atoms with van der Waals surface area (Å²) in [5, 5.41) is 13.9. The second-order valence-corrected chi connectivity index (χ2v) is 4.64. The Balaban J connectivity index is 2.41. The first-order valence-electron chi connectivity index (χ1n) is 5.75. The molecule has 0 spiro atoms. The van der Waals surface area contributed by atoms with Crippen molar-refractivity contribution in [3.63, 3.8) is 0 Å². The van der Waals surface area contributed by atoms with Crippen molar-refractivity contribution < 1.29 is 14.4 Å². The number of rotatable bonds is 5.